The lowest BCUT2D eigenvalue weighted by Gasteiger charge is -2.27. The maximum Gasteiger partial charge on any atom is 0.251 e. The number of rotatable bonds is 5. The highest BCUT2D eigenvalue weighted by Crippen LogP contribution is 2.22. The lowest BCUT2D eigenvalue weighted by molar-refractivity contribution is -0.121. The van der Waals surface area contributed by atoms with Crippen LogP contribution in [-0.2, 0) is 4.79 Å². The van der Waals surface area contributed by atoms with Gasteiger partial charge in [0.2, 0.25) is 5.91 Å². The van der Waals surface area contributed by atoms with Gasteiger partial charge in [0.05, 0.1) is 0 Å². The molecule has 0 bridgehead atoms. The van der Waals surface area contributed by atoms with Gasteiger partial charge < -0.3 is 15.2 Å². The molecule has 2 N–H and O–H groups in total. The van der Waals surface area contributed by atoms with E-state index in [-0.39, 0.29) is 17.7 Å². The second-order valence-electron chi connectivity index (χ2n) is 6.85. The Morgan fingerprint density at radius 1 is 1.07 bits per heavy atom. The maximum atomic E-state index is 13.1. The van der Waals surface area contributed by atoms with E-state index in [0.29, 0.717) is 10.6 Å². The first-order valence-corrected chi connectivity index (χ1v) is 9.16. The van der Waals surface area contributed by atoms with Crippen LogP contribution in [0.5, 0.6) is 0 Å². The van der Waals surface area contributed by atoms with Crippen molar-refractivity contribution >= 4 is 40.0 Å². The van der Waals surface area contributed by atoms with Gasteiger partial charge in [0, 0.05) is 35.0 Å². The van der Waals surface area contributed by atoms with E-state index in [1.54, 1.807) is 36.2 Å². The molecule has 1 heterocycles. The van der Waals surface area contributed by atoms with Gasteiger partial charge in [0.1, 0.15) is 6.04 Å². The summed E-state index contributed by atoms with van der Waals surface area (Å²) in [4.78, 5) is 30.3. The van der Waals surface area contributed by atoms with Gasteiger partial charge in [-0.05, 0) is 53.8 Å². The van der Waals surface area contributed by atoms with E-state index >= 15 is 0 Å². The number of anilines is 1. The molecule has 3 rings (SSSR count). The first-order valence-electron chi connectivity index (χ1n) is 8.78. The summed E-state index contributed by atoms with van der Waals surface area (Å²) < 4.78 is 0. The Labute approximate surface area is 163 Å². The molecule has 6 heteroatoms. The highest BCUT2D eigenvalue weighted by atomic mass is 35.5. The smallest absolute Gasteiger partial charge is 0.251 e. The van der Waals surface area contributed by atoms with E-state index < -0.39 is 6.04 Å². The van der Waals surface area contributed by atoms with Crippen molar-refractivity contribution in [3.05, 3.63) is 65.3 Å². The van der Waals surface area contributed by atoms with Crippen molar-refractivity contribution in [3.63, 3.8) is 0 Å². The van der Waals surface area contributed by atoms with E-state index in [1.807, 2.05) is 44.3 Å². The van der Waals surface area contributed by atoms with Crippen LogP contribution in [0.4, 0.5) is 5.69 Å². The van der Waals surface area contributed by atoms with Crippen LogP contribution >= 0.6 is 11.6 Å². The third kappa shape index (κ3) is 4.14. The normalized spacial score (nSPS) is 12.2. The Balaban J connectivity index is 1.79. The molecular formula is C21H22ClN3O2. The van der Waals surface area contributed by atoms with Gasteiger partial charge in [-0.25, -0.2) is 0 Å². The Hall–Kier alpha value is -2.79. The molecule has 0 spiro atoms. The fourth-order valence-electron chi connectivity index (χ4n) is 2.92. The monoisotopic (exact) mass is 383 g/mol. The van der Waals surface area contributed by atoms with Crippen LogP contribution in [0.15, 0.2) is 54.7 Å². The molecule has 0 saturated carbocycles. The summed E-state index contributed by atoms with van der Waals surface area (Å²) in [5.41, 5.74) is 2.19. The third-order valence-corrected chi connectivity index (χ3v) is 4.83. The summed E-state index contributed by atoms with van der Waals surface area (Å²) in [7, 11) is 1.72. The van der Waals surface area contributed by atoms with Gasteiger partial charge in [0.15, 0.2) is 0 Å². The number of H-pyrrole nitrogens is 1. The van der Waals surface area contributed by atoms with Crippen LogP contribution in [0, 0.1) is 5.92 Å². The highest BCUT2D eigenvalue weighted by molar-refractivity contribution is 6.30. The molecule has 0 fully saturated rings. The Kier molecular flexibility index (Phi) is 5.51. The Morgan fingerprint density at radius 3 is 2.44 bits per heavy atom. The lowest BCUT2D eigenvalue weighted by atomic mass is 10.0. The molecule has 1 unspecified atom stereocenters. The van der Waals surface area contributed by atoms with E-state index in [2.05, 4.69) is 10.3 Å². The summed E-state index contributed by atoms with van der Waals surface area (Å²) in [5, 5.41) is 4.49. The second kappa shape index (κ2) is 7.84. The fraction of sp³-hybridized carbons (Fsp3) is 0.238. The second-order valence-corrected chi connectivity index (χ2v) is 7.28. The van der Waals surface area contributed by atoms with E-state index in [1.165, 1.54) is 0 Å². The van der Waals surface area contributed by atoms with Crippen molar-refractivity contribution in [2.24, 2.45) is 5.92 Å². The van der Waals surface area contributed by atoms with Gasteiger partial charge in [-0.1, -0.05) is 31.5 Å². The van der Waals surface area contributed by atoms with E-state index in [9.17, 15) is 9.59 Å². The van der Waals surface area contributed by atoms with Crippen molar-refractivity contribution in [2.75, 3.05) is 11.9 Å². The minimum Gasteiger partial charge on any atom is -0.361 e. The van der Waals surface area contributed by atoms with Crippen LogP contribution in [0.2, 0.25) is 5.02 Å². The molecule has 3 aromatic rings. The number of fused-ring (bicyclic) bond motifs is 1. The fourth-order valence-corrected chi connectivity index (χ4v) is 3.05. The Morgan fingerprint density at radius 2 is 1.78 bits per heavy atom. The Bertz CT molecular complexity index is 963. The lowest BCUT2D eigenvalue weighted by Crippen LogP contribution is -2.50. The molecule has 27 heavy (non-hydrogen) atoms. The minimum atomic E-state index is -0.641. The molecule has 2 amide bonds. The van der Waals surface area contributed by atoms with Gasteiger partial charge in [0.25, 0.3) is 5.91 Å². The van der Waals surface area contributed by atoms with Crippen LogP contribution in [0.1, 0.15) is 24.2 Å². The number of aromatic nitrogens is 1. The number of benzene rings is 2. The number of aromatic amines is 1. The zero-order chi connectivity index (χ0) is 19.6. The molecule has 0 saturated heterocycles. The summed E-state index contributed by atoms with van der Waals surface area (Å²) >= 11 is 5.87. The maximum absolute atomic E-state index is 13.1. The molecule has 0 aliphatic heterocycles. The number of likely N-dealkylation sites (N-methyl/N-ethyl adjacent to an activating group) is 1. The van der Waals surface area contributed by atoms with Crippen LogP contribution in [0.25, 0.3) is 10.9 Å². The number of carbonyl (C=O) groups is 2. The molecule has 140 valence electrons. The SMILES string of the molecule is CC(C)C(NC(=O)c1ccc(Cl)cc1)C(=O)N(C)c1ccc2cc[nH]c2c1. The first-order chi connectivity index (χ1) is 12.9. The van der Waals surface area contributed by atoms with Gasteiger partial charge in [-0.15, -0.1) is 0 Å². The summed E-state index contributed by atoms with van der Waals surface area (Å²) in [6.07, 6.45) is 1.86. The standard InChI is InChI=1S/C21H22ClN3O2/c1-13(2)19(24-20(26)15-4-7-16(22)8-5-15)21(27)25(3)17-9-6-14-10-11-23-18(14)12-17/h4-13,19,23H,1-3H3,(H,24,26). The number of nitrogens with one attached hydrogen (secondary N) is 2. The summed E-state index contributed by atoms with van der Waals surface area (Å²) in [6.45, 7) is 3.82. The molecule has 1 atom stereocenters. The molecule has 0 aliphatic rings. The molecule has 0 aliphatic carbocycles. The van der Waals surface area contributed by atoms with Crippen molar-refractivity contribution < 1.29 is 9.59 Å². The number of nitrogens with zero attached hydrogens (tertiary/aromatic N) is 1. The number of carbonyl (C=O) groups excluding carboxylic acids is 2. The van der Waals surface area contributed by atoms with Crippen molar-refractivity contribution in [1.29, 1.82) is 0 Å². The first kappa shape index (κ1) is 19.0. The number of halogens is 1. The molecule has 2 aromatic carbocycles. The largest absolute Gasteiger partial charge is 0.361 e. The number of hydrogen-bond acceptors (Lipinski definition) is 2. The molecular weight excluding hydrogens is 362 g/mol. The number of amides is 2. The van der Waals surface area contributed by atoms with E-state index in [0.717, 1.165) is 16.6 Å². The quantitative estimate of drug-likeness (QED) is 0.692. The zero-order valence-corrected chi connectivity index (χ0v) is 16.2. The number of hydrogen-bond donors (Lipinski definition) is 2. The zero-order valence-electron chi connectivity index (χ0n) is 15.5. The van der Waals surface area contributed by atoms with Crippen molar-refractivity contribution in [3.8, 4) is 0 Å². The van der Waals surface area contributed by atoms with Gasteiger partial charge >= 0.3 is 0 Å². The van der Waals surface area contributed by atoms with Gasteiger partial charge in [-0.2, -0.15) is 0 Å². The topological polar surface area (TPSA) is 65.2 Å². The van der Waals surface area contributed by atoms with Crippen molar-refractivity contribution in [2.45, 2.75) is 19.9 Å². The highest BCUT2D eigenvalue weighted by Gasteiger charge is 2.28. The van der Waals surface area contributed by atoms with Crippen LogP contribution in [-0.4, -0.2) is 29.9 Å². The predicted octanol–water partition coefficient (Wildman–Crippen LogP) is 4.24. The van der Waals surface area contributed by atoms with Gasteiger partial charge in [-0.3, -0.25) is 9.59 Å². The summed E-state index contributed by atoms with van der Waals surface area (Å²) in [5.74, 6) is -0.532. The molecule has 5 nitrogen and oxygen atoms in total. The summed E-state index contributed by atoms with van der Waals surface area (Å²) in [6, 6.07) is 13.7. The molecule has 1 aromatic heterocycles. The van der Waals surface area contributed by atoms with Crippen molar-refractivity contribution in [1.82, 2.24) is 10.3 Å². The molecule has 0 radical (unpaired) electrons. The van der Waals surface area contributed by atoms with E-state index in [4.69, 9.17) is 11.6 Å². The van der Waals surface area contributed by atoms with Crippen LogP contribution in [0.3, 0.4) is 0 Å². The minimum absolute atomic E-state index is 0.0644. The third-order valence-electron chi connectivity index (χ3n) is 4.58. The van der Waals surface area contributed by atoms with Crippen LogP contribution < -0.4 is 10.2 Å². The average molecular weight is 384 g/mol. The predicted molar refractivity (Wildman–Crippen MR) is 109 cm³/mol. The average Bonchev–Trinajstić information content (AvgIpc) is 3.12.